The number of rotatable bonds is 8. The lowest BCUT2D eigenvalue weighted by Gasteiger charge is -2.22. The standard InChI is InChI=1S/C26H32N6O2S/c1-17-10-12-19(13-11-17)22-23(29-26(2,3)4)32-24(28-22)35-25(30-32)31(5)16-21(33)27-15-18-8-7-9-20(14-18)34-6/h7-14,29H,15-16H2,1-6H3,(H,27,33). The quantitative estimate of drug-likeness (QED) is 0.370. The largest absolute Gasteiger partial charge is 0.497 e. The van der Waals surface area contributed by atoms with Gasteiger partial charge in [0.15, 0.2) is 5.82 Å². The molecule has 184 valence electrons. The van der Waals surface area contributed by atoms with E-state index in [9.17, 15) is 4.79 Å². The monoisotopic (exact) mass is 492 g/mol. The molecule has 2 N–H and O–H groups in total. The Labute approximate surface area is 209 Å². The highest BCUT2D eigenvalue weighted by atomic mass is 32.1. The molecular weight excluding hydrogens is 460 g/mol. The van der Waals surface area contributed by atoms with Crippen LogP contribution in [0.1, 0.15) is 31.9 Å². The van der Waals surface area contributed by atoms with Crippen LogP contribution in [0.4, 0.5) is 10.9 Å². The minimum absolute atomic E-state index is 0.0865. The molecule has 2 heterocycles. The lowest BCUT2D eigenvalue weighted by molar-refractivity contribution is -0.119. The van der Waals surface area contributed by atoms with Crippen molar-refractivity contribution in [3.05, 3.63) is 59.7 Å². The van der Waals surface area contributed by atoms with E-state index in [0.717, 1.165) is 38.5 Å². The van der Waals surface area contributed by atoms with Crippen LogP contribution in [0.3, 0.4) is 0 Å². The van der Waals surface area contributed by atoms with Crippen molar-refractivity contribution < 1.29 is 9.53 Å². The number of imidazole rings is 1. The fourth-order valence-electron chi connectivity index (χ4n) is 3.59. The topological polar surface area (TPSA) is 83.8 Å². The van der Waals surface area contributed by atoms with Gasteiger partial charge in [0, 0.05) is 24.7 Å². The van der Waals surface area contributed by atoms with Gasteiger partial charge in [0.25, 0.3) is 0 Å². The summed E-state index contributed by atoms with van der Waals surface area (Å²) >= 11 is 1.46. The van der Waals surface area contributed by atoms with E-state index in [0.29, 0.717) is 6.54 Å². The third-order valence-corrected chi connectivity index (χ3v) is 6.37. The number of nitrogens with zero attached hydrogens (tertiary/aromatic N) is 4. The predicted molar refractivity (Wildman–Crippen MR) is 143 cm³/mol. The number of carbonyl (C=O) groups excluding carboxylic acids is 1. The molecule has 9 heteroatoms. The minimum Gasteiger partial charge on any atom is -0.497 e. The first-order valence-electron chi connectivity index (χ1n) is 11.5. The molecule has 0 atom stereocenters. The minimum atomic E-state index is -0.175. The van der Waals surface area contributed by atoms with E-state index < -0.39 is 0 Å². The van der Waals surface area contributed by atoms with Crippen molar-refractivity contribution in [2.24, 2.45) is 0 Å². The second-order valence-corrected chi connectivity index (χ2v) is 10.5. The van der Waals surface area contributed by atoms with Crippen molar-refractivity contribution >= 4 is 33.2 Å². The summed E-state index contributed by atoms with van der Waals surface area (Å²) in [7, 11) is 3.49. The summed E-state index contributed by atoms with van der Waals surface area (Å²) in [4.78, 5) is 20.1. The molecule has 0 saturated carbocycles. The molecule has 0 spiro atoms. The number of hydrogen-bond acceptors (Lipinski definition) is 7. The van der Waals surface area contributed by atoms with Crippen LogP contribution in [0, 0.1) is 6.92 Å². The zero-order valence-electron chi connectivity index (χ0n) is 21.0. The number of likely N-dealkylation sites (N-methyl/N-ethyl adjacent to an activating group) is 1. The van der Waals surface area contributed by atoms with Crippen molar-refractivity contribution in [3.63, 3.8) is 0 Å². The van der Waals surface area contributed by atoms with E-state index in [1.807, 2.05) is 40.7 Å². The fourth-order valence-corrected chi connectivity index (χ4v) is 4.46. The Bertz CT molecular complexity index is 1320. The molecular formula is C26H32N6O2S. The molecule has 2 aromatic heterocycles. The van der Waals surface area contributed by atoms with Gasteiger partial charge in [-0.1, -0.05) is 53.3 Å². The van der Waals surface area contributed by atoms with Crippen LogP contribution in [0.15, 0.2) is 48.5 Å². The summed E-state index contributed by atoms with van der Waals surface area (Å²) in [6.45, 7) is 9.02. The Morgan fingerprint density at radius 3 is 2.60 bits per heavy atom. The Morgan fingerprint density at radius 2 is 1.91 bits per heavy atom. The number of aromatic nitrogens is 3. The van der Waals surface area contributed by atoms with Gasteiger partial charge in [0.2, 0.25) is 16.0 Å². The molecule has 4 rings (SSSR count). The number of fused-ring (bicyclic) bond motifs is 1. The first-order chi connectivity index (χ1) is 16.6. The first kappa shape index (κ1) is 24.5. The fraction of sp³-hybridized carbons (Fsp3) is 0.346. The molecule has 2 aromatic carbocycles. The van der Waals surface area contributed by atoms with E-state index in [1.54, 1.807) is 7.11 Å². The second kappa shape index (κ2) is 9.95. The van der Waals surface area contributed by atoms with Gasteiger partial charge in [-0.15, -0.1) is 5.10 Å². The molecule has 4 aromatic rings. The Hall–Kier alpha value is -3.59. The highest BCUT2D eigenvalue weighted by Gasteiger charge is 2.23. The van der Waals surface area contributed by atoms with E-state index in [-0.39, 0.29) is 18.0 Å². The maximum Gasteiger partial charge on any atom is 0.239 e. The normalized spacial score (nSPS) is 11.5. The number of benzene rings is 2. The van der Waals surface area contributed by atoms with Crippen LogP contribution in [0.2, 0.25) is 0 Å². The molecule has 35 heavy (non-hydrogen) atoms. The number of nitrogens with one attached hydrogen (secondary N) is 2. The number of ether oxygens (including phenoxy) is 1. The molecule has 0 unspecified atom stereocenters. The predicted octanol–water partition coefficient (Wildman–Crippen LogP) is 4.74. The smallest absolute Gasteiger partial charge is 0.239 e. The van der Waals surface area contributed by atoms with Gasteiger partial charge in [-0.25, -0.2) is 4.98 Å². The van der Waals surface area contributed by atoms with E-state index >= 15 is 0 Å². The third kappa shape index (κ3) is 5.92. The highest BCUT2D eigenvalue weighted by Crippen LogP contribution is 2.34. The summed E-state index contributed by atoms with van der Waals surface area (Å²) < 4.78 is 7.08. The van der Waals surface area contributed by atoms with Crippen LogP contribution in [-0.2, 0) is 11.3 Å². The average molecular weight is 493 g/mol. The van der Waals surface area contributed by atoms with Crippen LogP contribution >= 0.6 is 11.3 Å². The van der Waals surface area contributed by atoms with Crippen LogP contribution < -0.4 is 20.3 Å². The van der Waals surface area contributed by atoms with E-state index in [4.69, 9.17) is 14.8 Å². The molecule has 8 nitrogen and oxygen atoms in total. The highest BCUT2D eigenvalue weighted by molar-refractivity contribution is 7.20. The first-order valence-corrected chi connectivity index (χ1v) is 12.3. The summed E-state index contributed by atoms with van der Waals surface area (Å²) in [5.41, 5.74) is 3.91. The van der Waals surface area contributed by atoms with Crippen molar-refractivity contribution in [1.29, 1.82) is 0 Å². The molecule has 0 bridgehead atoms. The van der Waals surface area contributed by atoms with Crippen molar-refractivity contribution in [1.82, 2.24) is 19.9 Å². The number of hydrogen-bond donors (Lipinski definition) is 2. The third-order valence-electron chi connectivity index (χ3n) is 5.34. The van der Waals surface area contributed by atoms with E-state index in [2.05, 4.69) is 62.6 Å². The number of aryl methyl sites for hydroxylation is 1. The average Bonchev–Trinajstić information content (AvgIpc) is 3.37. The molecule has 0 radical (unpaired) electrons. The molecule has 1 amide bonds. The van der Waals surface area contributed by atoms with Crippen molar-refractivity contribution in [3.8, 4) is 17.0 Å². The van der Waals surface area contributed by atoms with E-state index in [1.165, 1.54) is 16.9 Å². The number of anilines is 2. The zero-order valence-corrected chi connectivity index (χ0v) is 21.9. The molecule has 0 aliphatic rings. The maximum atomic E-state index is 12.6. The second-order valence-electron chi connectivity index (χ2n) is 9.61. The lowest BCUT2D eigenvalue weighted by Crippen LogP contribution is -2.34. The number of carbonyl (C=O) groups is 1. The lowest BCUT2D eigenvalue weighted by atomic mass is 10.1. The van der Waals surface area contributed by atoms with Gasteiger partial charge >= 0.3 is 0 Å². The van der Waals surface area contributed by atoms with Crippen LogP contribution in [0.5, 0.6) is 5.75 Å². The Morgan fingerprint density at radius 1 is 1.17 bits per heavy atom. The van der Waals surface area contributed by atoms with Crippen molar-refractivity contribution in [2.75, 3.05) is 30.9 Å². The number of methoxy groups -OCH3 is 1. The zero-order chi connectivity index (χ0) is 25.2. The molecule has 0 aliphatic heterocycles. The van der Waals surface area contributed by atoms with Gasteiger partial charge in [0.05, 0.1) is 13.7 Å². The Balaban J connectivity index is 1.52. The molecule has 0 saturated heterocycles. The number of amides is 1. The van der Waals surface area contributed by atoms with Gasteiger partial charge in [-0.3, -0.25) is 4.79 Å². The van der Waals surface area contributed by atoms with Gasteiger partial charge in [-0.05, 0) is 45.4 Å². The van der Waals surface area contributed by atoms with Crippen molar-refractivity contribution in [2.45, 2.75) is 39.8 Å². The Kier molecular flexibility index (Phi) is 6.98. The van der Waals surface area contributed by atoms with Gasteiger partial charge < -0.3 is 20.3 Å². The van der Waals surface area contributed by atoms with Gasteiger partial charge in [0.1, 0.15) is 11.4 Å². The SMILES string of the molecule is COc1cccc(CNC(=O)CN(C)c2nn3c(NC(C)(C)C)c(-c4ccc(C)cc4)nc3s2)c1. The van der Waals surface area contributed by atoms with Gasteiger partial charge in [-0.2, -0.15) is 4.52 Å². The summed E-state index contributed by atoms with van der Waals surface area (Å²) in [6.07, 6.45) is 0. The summed E-state index contributed by atoms with van der Waals surface area (Å²) in [5.74, 6) is 1.52. The van der Waals surface area contributed by atoms with Crippen LogP contribution in [0.25, 0.3) is 16.2 Å². The molecule has 0 fully saturated rings. The van der Waals surface area contributed by atoms with Crippen LogP contribution in [-0.4, -0.2) is 46.7 Å². The molecule has 0 aliphatic carbocycles. The maximum absolute atomic E-state index is 12.6. The summed E-state index contributed by atoms with van der Waals surface area (Å²) in [5, 5.41) is 12.0. The summed E-state index contributed by atoms with van der Waals surface area (Å²) in [6, 6.07) is 16.0.